The molecule has 0 bridgehead atoms. The fourth-order valence-electron chi connectivity index (χ4n) is 1.78. The molecular formula is C16H25NO5S. The minimum absolute atomic E-state index is 0.0370. The lowest BCUT2D eigenvalue weighted by molar-refractivity contribution is -0.123. The summed E-state index contributed by atoms with van der Waals surface area (Å²) in [5, 5.41) is 0. The van der Waals surface area contributed by atoms with Crippen LogP contribution >= 0.6 is 0 Å². The van der Waals surface area contributed by atoms with Crippen molar-refractivity contribution >= 4 is 15.8 Å². The second-order valence-electron chi connectivity index (χ2n) is 4.22. The van der Waals surface area contributed by atoms with Crippen molar-refractivity contribution in [3.05, 3.63) is 43.0 Å². The van der Waals surface area contributed by atoms with E-state index in [0.717, 1.165) is 13.2 Å². The van der Waals surface area contributed by atoms with Crippen LogP contribution in [0.5, 0.6) is 0 Å². The van der Waals surface area contributed by atoms with Gasteiger partial charge in [0.1, 0.15) is 0 Å². The van der Waals surface area contributed by atoms with E-state index in [1.807, 2.05) is 20.8 Å². The standard InChI is InChI=1S/C8H7NO3S.C6H14O2.C2H4/c10-7-5-9-13(11,12)8-4-2-1-3-6(7)8;1-4-7-6(3)8-5-2;1-2/h1-4,9H,5H2;6H,4-5H2,1-3H3;1-2H2. The molecule has 1 aromatic carbocycles. The van der Waals surface area contributed by atoms with Gasteiger partial charge in [0.05, 0.1) is 11.4 Å². The second kappa shape index (κ2) is 11.1. The van der Waals surface area contributed by atoms with Crippen LogP contribution in [0, 0.1) is 0 Å². The smallest absolute Gasteiger partial charge is 0.241 e. The molecule has 0 saturated heterocycles. The van der Waals surface area contributed by atoms with Crippen LogP contribution < -0.4 is 4.72 Å². The highest BCUT2D eigenvalue weighted by molar-refractivity contribution is 7.89. The van der Waals surface area contributed by atoms with Crippen molar-refractivity contribution in [1.82, 2.24) is 4.72 Å². The summed E-state index contributed by atoms with van der Waals surface area (Å²) < 4.78 is 35.0. The number of rotatable bonds is 4. The molecule has 23 heavy (non-hydrogen) atoms. The number of fused-ring (bicyclic) bond motifs is 1. The highest BCUT2D eigenvalue weighted by Gasteiger charge is 2.27. The summed E-state index contributed by atoms with van der Waals surface area (Å²) in [6, 6.07) is 6.19. The van der Waals surface area contributed by atoms with Gasteiger partial charge in [0.25, 0.3) is 0 Å². The summed E-state index contributed by atoms with van der Waals surface area (Å²) >= 11 is 0. The van der Waals surface area contributed by atoms with E-state index in [4.69, 9.17) is 9.47 Å². The zero-order valence-electron chi connectivity index (χ0n) is 13.9. The van der Waals surface area contributed by atoms with E-state index in [9.17, 15) is 13.2 Å². The number of carbonyl (C=O) groups is 1. The molecule has 0 saturated carbocycles. The van der Waals surface area contributed by atoms with E-state index in [-0.39, 0.29) is 29.1 Å². The normalized spacial score (nSPS) is 14.9. The largest absolute Gasteiger partial charge is 0.353 e. The monoisotopic (exact) mass is 343 g/mol. The molecule has 7 heteroatoms. The SMILES string of the molecule is C=C.CCOC(C)OCC.O=C1CNS(=O)(=O)c2ccccc21. The minimum Gasteiger partial charge on any atom is -0.353 e. The highest BCUT2D eigenvalue weighted by atomic mass is 32.2. The maximum absolute atomic E-state index is 11.4. The molecule has 6 nitrogen and oxygen atoms in total. The first-order valence-electron chi connectivity index (χ1n) is 7.27. The second-order valence-corrected chi connectivity index (χ2v) is 5.96. The summed E-state index contributed by atoms with van der Waals surface area (Å²) in [5.41, 5.74) is 0.279. The number of Topliss-reactive ketones (excluding diaryl/α,β-unsaturated/α-hetero) is 1. The maximum atomic E-state index is 11.4. The van der Waals surface area contributed by atoms with Crippen LogP contribution in [0.25, 0.3) is 0 Å². The van der Waals surface area contributed by atoms with Crippen molar-refractivity contribution in [2.45, 2.75) is 32.0 Å². The van der Waals surface area contributed by atoms with Crippen molar-refractivity contribution in [1.29, 1.82) is 0 Å². The molecule has 0 fully saturated rings. The number of carbonyl (C=O) groups excluding carboxylic acids is 1. The van der Waals surface area contributed by atoms with E-state index < -0.39 is 10.0 Å². The lowest BCUT2D eigenvalue weighted by Crippen LogP contribution is -2.36. The van der Waals surface area contributed by atoms with Crippen LogP contribution in [-0.2, 0) is 19.5 Å². The number of hydrogen-bond donors (Lipinski definition) is 1. The molecular weight excluding hydrogens is 318 g/mol. The van der Waals surface area contributed by atoms with E-state index in [0.29, 0.717) is 0 Å². The van der Waals surface area contributed by atoms with Crippen LogP contribution in [0.1, 0.15) is 31.1 Å². The summed E-state index contributed by atoms with van der Waals surface area (Å²) in [6.45, 7) is 13.1. The van der Waals surface area contributed by atoms with Crippen molar-refractivity contribution < 1.29 is 22.7 Å². The van der Waals surface area contributed by atoms with Gasteiger partial charge in [-0.2, -0.15) is 0 Å². The first-order chi connectivity index (χ1) is 10.9. The molecule has 1 heterocycles. The van der Waals surface area contributed by atoms with Crippen molar-refractivity contribution in [2.75, 3.05) is 19.8 Å². The average molecular weight is 343 g/mol. The van der Waals surface area contributed by atoms with Crippen LogP contribution in [0.15, 0.2) is 42.3 Å². The molecule has 2 rings (SSSR count). The van der Waals surface area contributed by atoms with Gasteiger partial charge in [-0.3, -0.25) is 4.79 Å². The molecule has 0 spiro atoms. The summed E-state index contributed by atoms with van der Waals surface area (Å²) in [5.74, 6) is -0.189. The lowest BCUT2D eigenvalue weighted by Gasteiger charge is -2.15. The van der Waals surface area contributed by atoms with Gasteiger partial charge in [-0.05, 0) is 32.9 Å². The van der Waals surface area contributed by atoms with Gasteiger partial charge in [0, 0.05) is 18.8 Å². The van der Waals surface area contributed by atoms with Crippen molar-refractivity contribution in [3.8, 4) is 0 Å². The number of benzene rings is 1. The van der Waals surface area contributed by atoms with E-state index in [2.05, 4.69) is 17.9 Å². The van der Waals surface area contributed by atoms with E-state index >= 15 is 0 Å². The minimum atomic E-state index is -3.45. The van der Waals surface area contributed by atoms with Gasteiger partial charge < -0.3 is 9.47 Å². The topological polar surface area (TPSA) is 81.7 Å². The van der Waals surface area contributed by atoms with Crippen LogP contribution in [0.3, 0.4) is 0 Å². The van der Waals surface area contributed by atoms with Gasteiger partial charge in [0.15, 0.2) is 12.1 Å². The Bertz CT molecular complexity index is 580. The Morgan fingerprint density at radius 1 is 1.17 bits per heavy atom. The highest BCUT2D eigenvalue weighted by Crippen LogP contribution is 2.18. The number of nitrogens with one attached hydrogen (secondary N) is 1. The van der Waals surface area contributed by atoms with Gasteiger partial charge in [-0.1, -0.05) is 12.1 Å². The lowest BCUT2D eigenvalue weighted by atomic mass is 10.1. The Morgan fingerprint density at radius 2 is 1.70 bits per heavy atom. The Hall–Kier alpha value is -1.54. The quantitative estimate of drug-likeness (QED) is 0.670. The third-order valence-electron chi connectivity index (χ3n) is 2.70. The molecule has 130 valence electrons. The molecule has 0 unspecified atom stereocenters. The van der Waals surface area contributed by atoms with Gasteiger partial charge in [0.2, 0.25) is 10.0 Å². The number of ketones is 1. The molecule has 0 aromatic heterocycles. The summed E-state index contributed by atoms with van der Waals surface area (Å²) in [7, 11) is -3.45. The number of ether oxygens (including phenoxy) is 2. The predicted molar refractivity (Wildman–Crippen MR) is 89.9 cm³/mol. The number of sulfonamides is 1. The van der Waals surface area contributed by atoms with Gasteiger partial charge in [-0.15, -0.1) is 13.2 Å². The van der Waals surface area contributed by atoms with E-state index in [1.54, 1.807) is 12.1 Å². The average Bonchev–Trinajstić information content (AvgIpc) is 2.55. The molecule has 0 aliphatic carbocycles. The Morgan fingerprint density at radius 3 is 2.17 bits per heavy atom. The molecule has 1 aromatic rings. The summed E-state index contributed by atoms with van der Waals surface area (Å²) in [4.78, 5) is 11.3. The first-order valence-corrected chi connectivity index (χ1v) is 8.75. The van der Waals surface area contributed by atoms with Crippen molar-refractivity contribution in [3.63, 3.8) is 0 Å². The van der Waals surface area contributed by atoms with Gasteiger partial charge >= 0.3 is 0 Å². The third kappa shape index (κ3) is 7.04. The third-order valence-corrected chi connectivity index (χ3v) is 4.16. The molecule has 0 amide bonds. The zero-order chi connectivity index (χ0) is 17.9. The van der Waals surface area contributed by atoms with Gasteiger partial charge in [-0.25, -0.2) is 13.1 Å². The molecule has 1 N–H and O–H groups in total. The fraction of sp³-hybridized carbons (Fsp3) is 0.438. The summed E-state index contributed by atoms with van der Waals surface area (Å²) in [6.07, 6.45) is -0.0370. The number of hydrogen-bond acceptors (Lipinski definition) is 5. The van der Waals surface area contributed by atoms with Crippen LogP contribution in [-0.4, -0.2) is 40.2 Å². The first kappa shape index (κ1) is 21.5. The van der Waals surface area contributed by atoms with Crippen LogP contribution in [0.4, 0.5) is 0 Å². The molecule has 0 radical (unpaired) electrons. The Balaban J connectivity index is 0.000000421. The van der Waals surface area contributed by atoms with Crippen LogP contribution in [0.2, 0.25) is 0 Å². The molecule has 1 aliphatic heterocycles. The predicted octanol–water partition coefficient (Wildman–Crippen LogP) is 2.37. The maximum Gasteiger partial charge on any atom is 0.241 e. The molecule has 1 aliphatic rings. The molecule has 0 atom stereocenters. The Labute approximate surface area is 138 Å². The fourth-order valence-corrected chi connectivity index (χ4v) is 2.99. The van der Waals surface area contributed by atoms with E-state index in [1.165, 1.54) is 12.1 Å². The Kier molecular flexibility index (Phi) is 10.3. The zero-order valence-corrected chi connectivity index (χ0v) is 14.7. The van der Waals surface area contributed by atoms with Crippen molar-refractivity contribution in [2.24, 2.45) is 0 Å².